The van der Waals surface area contributed by atoms with E-state index in [1.807, 2.05) is 6.08 Å². The van der Waals surface area contributed by atoms with Crippen molar-refractivity contribution in [1.29, 1.82) is 0 Å². The van der Waals surface area contributed by atoms with Crippen LogP contribution in [0.4, 0.5) is 0 Å². The van der Waals surface area contributed by atoms with E-state index in [0.29, 0.717) is 19.4 Å². The Bertz CT molecular complexity index is 1130. The van der Waals surface area contributed by atoms with Gasteiger partial charge in [0.05, 0.1) is 25.4 Å². The van der Waals surface area contributed by atoms with Crippen LogP contribution in [-0.2, 0) is 14.3 Å². The average molecular weight is 1060 g/mol. The van der Waals surface area contributed by atoms with Crippen molar-refractivity contribution in [3.05, 3.63) is 12.2 Å². The summed E-state index contributed by atoms with van der Waals surface area (Å²) in [7, 11) is 0. The molecule has 446 valence electrons. The lowest BCUT2D eigenvalue weighted by Gasteiger charge is -2.20. The third kappa shape index (κ3) is 61.7. The molecule has 6 heteroatoms. The zero-order chi connectivity index (χ0) is 54.3. The van der Waals surface area contributed by atoms with E-state index in [4.69, 9.17) is 4.74 Å². The number of carbonyl (C=O) groups is 2. The van der Waals surface area contributed by atoms with Crippen molar-refractivity contribution in [2.75, 3.05) is 13.2 Å². The predicted octanol–water partition coefficient (Wildman–Crippen LogP) is 22.0. The quantitative estimate of drug-likeness (QED) is 0.0320. The van der Waals surface area contributed by atoms with Crippen molar-refractivity contribution in [2.45, 2.75) is 405 Å². The SMILES string of the molecule is CCCCCCCCCCCCCCCCCCCCCCCCC/C=C/C(O)C(CO)NC(=O)CCCCCCCCCCCCCCCCCCCCCCCCOC(=O)CCCCCCCCCCCCC. The first-order chi connectivity index (χ1) is 37.0. The molecule has 3 N–H and O–H groups in total. The molecule has 0 heterocycles. The number of allylic oxidation sites excluding steroid dienone is 1. The molecule has 0 rings (SSSR count). The number of unbranched alkanes of at least 4 members (excludes halogenated alkanes) is 54. The molecule has 75 heavy (non-hydrogen) atoms. The van der Waals surface area contributed by atoms with E-state index in [1.165, 1.54) is 327 Å². The van der Waals surface area contributed by atoms with Crippen LogP contribution in [0.15, 0.2) is 12.2 Å². The van der Waals surface area contributed by atoms with Gasteiger partial charge in [-0.3, -0.25) is 9.59 Å². The van der Waals surface area contributed by atoms with Gasteiger partial charge in [0.15, 0.2) is 0 Å². The summed E-state index contributed by atoms with van der Waals surface area (Å²) in [6.07, 6.45) is 80.0. The Morgan fingerprint density at radius 3 is 0.907 bits per heavy atom. The van der Waals surface area contributed by atoms with Gasteiger partial charge in [0.25, 0.3) is 0 Å². The number of esters is 1. The number of nitrogens with one attached hydrogen (secondary N) is 1. The molecule has 0 aromatic rings. The lowest BCUT2D eigenvalue weighted by atomic mass is 10.0. The summed E-state index contributed by atoms with van der Waals surface area (Å²) >= 11 is 0. The van der Waals surface area contributed by atoms with Crippen LogP contribution >= 0.6 is 0 Å². The van der Waals surface area contributed by atoms with Gasteiger partial charge in [0.2, 0.25) is 5.91 Å². The number of hydrogen-bond acceptors (Lipinski definition) is 5. The Kier molecular flexibility index (Phi) is 63.9. The minimum Gasteiger partial charge on any atom is -0.466 e. The van der Waals surface area contributed by atoms with Crippen LogP contribution in [0.2, 0.25) is 0 Å². The Labute approximate surface area is 469 Å². The highest BCUT2D eigenvalue weighted by Gasteiger charge is 2.18. The summed E-state index contributed by atoms with van der Waals surface area (Å²) in [5.41, 5.74) is 0. The first-order valence-corrected chi connectivity index (χ1v) is 34.5. The van der Waals surface area contributed by atoms with Gasteiger partial charge in [0.1, 0.15) is 0 Å². The lowest BCUT2D eigenvalue weighted by molar-refractivity contribution is -0.143. The number of aliphatic hydroxyl groups is 2. The summed E-state index contributed by atoms with van der Waals surface area (Å²) in [5, 5.41) is 23.3. The Hall–Kier alpha value is -1.40. The molecule has 0 aliphatic carbocycles. The Morgan fingerprint density at radius 2 is 0.613 bits per heavy atom. The molecule has 0 aromatic carbocycles. The molecular formula is C69H135NO5. The smallest absolute Gasteiger partial charge is 0.305 e. The highest BCUT2D eigenvalue weighted by molar-refractivity contribution is 5.76. The van der Waals surface area contributed by atoms with Gasteiger partial charge >= 0.3 is 5.97 Å². The van der Waals surface area contributed by atoms with Crippen LogP contribution in [0.25, 0.3) is 0 Å². The van der Waals surface area contributed by atoms with Gasteiger partial charge < -0.3 is 20.3 Å². The average Bonchev–Trinajstić information content (AvgIpc) is 3.41. The van der Waals surface area contributed by atoms with E-state index in [-0.39, 0.29) is 18.5 Å². The fraction of sp³-hybridized carbons (Fsp3) is 0.942. The zero-order valence-electron chi connectivity index (χ0n) is 51.1. The van der Waals surface area contributed by atoms with Crippen LogP contribution in [0.5, 0.6) is 0 Å². The molecule has 0 fully saturated rings. The Morgan fingerprint density at radius 1 is 0.360 bits per heavy atom. The summed E-state index contributed by atoms with van der Waals surface area (Å²) in [5.74, 6) is -0.0497. The van der Waals surface area contributed by atoms with Crippen molar-refractivity contribution in [3.8, 4) is 0 Å². The number of carbonyl (C=O) groups excluding carboxylic acids is 2. The van der Waals surface area contributed by atoms with Gasteiger partial charge in [0, 0.05) is 12.8 Å². The van der Waals surface area contributed by atoms with E-state index in [1.54, 1.807) is 6.08 Å². The zero-order valence-corrected chi connectivity index (χ0v) is 51.1. The van der Waals surface area contributed by atoms with E-state index in [0.717, 1.165) is 38.5 Å². The van der Waals surface area contributed by atoms with E-state index in [9.17, 15) is 19.8 Å². The van der Waals surface area contributed by atoms with Crippen LogP contribution in [0, 0.1) is 0 Å². The van der Waals surface area contributed by atoms with E-state index >= 15 is 0 Å². The second kappa shape index (κ2) is 65.1. The number of ether oxygens (including phenoxy) is 1. The number of amides is 1. The van der Waals surface area contributed by atoms with Gasteiger partial charge in [-0.1, -0.05) is 360 Å². The second-order valence-electron chi connectivity index (χ2n) is 23.9. The molecule has 2 unspecified atom stereocenters. The third-order valence-electron chi connectivity index (χ3n) is 16.3. The summed E-state index contributed by atoms with van der Waals surface area (Å²) in [6, 6.07) is -0.629. The fourth-order valence-corrected chi connectivity index (χ4v) is 11.1. The van der Waals surface area contributed by atoms with Crippen molar-refractivity contribution in [2.24, 2.45) is 0 Å². The standard InChI is InChI=1S/C69H135NO5/c1-3-5-7-9-11-13-15-16-17-18-19-20-21-22-23-26-29-32-35-38-42-45-49-53-57-61-67(72)66(65-71)70-68(73)62-58-54-50-46-43-39-36-33-30-27-24-25-28-31-34-37-40-44-48-52-56-60-64-75-69(74)63-59-55-51-47-41-14-12-10-8-6-4-2/h57,61,66-67,71-72H,3-56,58-60,62-65H2,1-2H3,(H,70,73)/b61-57+. The normalized spacial score (nSPS) is 12.5. The predicted molar refractivity (Wildman–Crippen MR) is 329 cm³/mol. The molecule has 6 nitrogen and oxygen atoms in total. The van der Waals surface area contributed by atoms with Crippen LogP contribution in [-0.4, -0.2) is 47.4 Å². The van der Waals surface area contributed by atoms with Gasteiger partial charge in [-0.2, -0.15) is 0 Å². The van der Waals surface area contributed by atoms with E-state index < -0.39 is 12.1 Å². The minimum absolute atomic E-state index is 0.0135. The number of hydrogen-bond donors (Lipinski definition) is 3. The van der Waals surface area contributed by atoms with Crippen LogP contribution < -0.4 is 5.32 Å². The molecule has 0 aliphatic heterocycles. The maximum absolute atomic E-state index is 12.5. The number of rotatable bonds is 65. The highest BCUT2D eigenvalue weighted by atomic mass is 16.5. The van der Waals surface area contributed by atoms with Crippen molar-refractivity contribution >= 4 is 11.9 Å². The molecule has 0 aromatic heterocycles. The third-order valence-corrected chi connectivity index (χ3v) is 16.3. The van der Waals surface area contributed by atoms with Gasteiger partial charge in [-0.25, -0.2) is 0 Å². The van der Waals surface area contributed by atoms with Crippen LogP contribution in [0.1, 0.15) is 393 Å². The molecule has 0 aliphatic rings. The minimum atomic E-state index is -0.845. The maximum Gasteiger partial charge on any atom is 0.305 e. The molecule has 0 spiro atoms. The molecule has 0 radical (unpaired) electrons. The molecule has 1 amide bonds. The Balaban J connectivity index is 3.41. The number of aliphatic hydroxyl groups excluding tert-OH is 2. The van der Waals surface area contributed by atoms with Crippen LogP contribution in [0.3, 0.4) is 0 Å². The molecule has 2 atom stereocenters. The monoisotopic (exact) mass is 1060 g/mol. The maximum atomic E-state index is 12.5. The topological polar surface area (TPSA) is 95.9 Å². The fourth-order valence-electron chi connectivity index (χ4n) is 11.1. The lowest BCUT2D eigenvalue weighted by Crippen LogP contribution is -2.45. The second-order valence-corrected chi connectivity index (χ2v) is 23.9. The van der Waals surface area contributed by atoms with Crippen molar-refractivity contribution < 1.29 is 24.5 Å². The summed E-state index contributed by atoms with van der Waals surface area (Å²) in [4.78, 5) is 24.5. The van der Waals surface area contributed by atoms with Gasteiger partial charge in [-0.15, -0.1) is 0 Å². The summed E-state index contributed by atoms with van der Waals surface area (Å²) in [6.45, 7) is 4.94. The largest absolute Gasteiger partial charge is 0.466 e. The first-order valence-electron chi connectivity index (χ1n) is 34.5. The van der Waals surface area contributed by atoms with Gasteiger partial charge in [-0.05, 0) is 32.1 Å². The first kappa shape index (κ1) is 73.6. The van der Waals surface area contributed by atoms with Crippen molar-refractivity contribution in [1.82, 2.24) is 5.32 Å². The molecule has 0 saturated heterocycles. The van der Waals surface area contributed by atoms with Crippen molar-refractivity contribution in [3.63, 3.8) is 0 Å². The molecular weight excluding hydrogens is 923 g/mol. The summed E-state index contributed by atoms with van der Waals surface area (Å²) < 4.78 is 5.47. The molecule has 0 saturated carbocycles. The van der Waals surface area contributed by atoms with E-state index in [2.05, 4.69) is 19.2 Å². The molecule has 0 bridgehead atoms. The highest BCUT2D eigenvalue weighted by Crippen LogP contribution is 2.19.